The number of para-hydroxylation sites is 1. The van der Waals surface area contributed by atoms with Crippen LogP contribution in [0, 0.1) is 0 Å². The Balaban J connectivity index is 0.00000465. The molecule has 0 radical (unpaired) electrons. The Kier molecular flexibility index (Phi) is 11.1. The van der Waals surface area contributed by atoms with Crippen LogP contribution < -0.4 is 15.9 Å². The van der Waals surface area contributed by atoms with Gasteiger partial charge in [-0.15, -0.1) is 24.0 Å². The molecular formula is C46H40IN2O4PS. The van der Waals surface area contributed by atoms with Crippen LogP contribution in [-0.2, 0) is 14.3 Å². The molecule has 2 aliphatic heterocycles. The quantitative estimate of drug-likeness (QED) is 0.0492. The molecule has 6 aromatic carbocycles. The van der Waals surface area contributed by atoms with Crippen molar-refractivity contribution in [1.82, 2.24) is 4.90 Å². The van der Waals surface area contributed by atoms with Gasteiger partial charge in [0.05, 0.1) is 0 Å². The second-order valence-electron chi connectivity index (χ2n) is 13.7. The number of rotatable bonds is 10. The number of phenols is 1. The number of benzene rings is 6. The molecule has 0 aliphatic carbocycles. The first-order valence-electron chi connectivity index (χ1n) is 17.9. The summed E-state index contributed by atoms with van der Waals surface area (Å²) in [6.07, 6.45) is 0.826. The molecule has 276 valence electrons. The molecule has 0 aromatic heterocycles. The van der Waals surface area contributed by atoms with E-state index in [1.54, 1.807) is 41.1 Å². The SMILES string of the molecule is CP(C1=C(C(=O)OC(c2ccccc2)c2ccccc2)N2C(=O)[C@@H](N=Cc3ccccc3O)[C@H]2SC1)(c1ccccc1)(c1ccccc1)c1ccccc1.I. The van der Waals surface area contributed by atoms with E-state index < -0.39 is 30.1 Å². The second kappa shape index (κ2) is 16.0. The van der Waals surface area contributed by atoms with Crippen LogP contribution in [0.5, 0.6) is 5.75 Å². The molecule has 2 heterocycles. The summed E-state index contributed by atoms with van der Waals surface area (Å²) in [7, 11) is 0. The molecule has 1 fully saturated rings. The standard InChI is InChI=1S/C46H39N2O4PS.HI/c1-53(36-24-11-4-12-25-36,37-26-13-5-14-27-37,38-28-15-6-16-29-38)40-32-54-45-41(47-31-35-23-17-18-30-39(35)49)44(50)48(45)42(40)46(51)52-43(33-19-7-2-8-20-33)34-21-9-3-10-22-34;/h2-31,41,43,45,49H,32H2,1H3;1H/t41-,45-;/m1./s1. The molecule has 2 aliphatic rings. The van der Waals surface area contributed by atoms with Gasteiger partial charge in [-0.05, 0) is 0 Å². The first-order valence-corrected chi connectivity index (χ1v) is 21.6. The topological polar surface area (TPSA) is 79.2 Å². The summed E-state index contributed by atoms with van der Waals surface area (Å²) in [6.45, 7) is -1.47. The number of amides is 1. The van der Waals surface area contributed by atoms with Gasteiger partial charge in [0, 0.05) is 0 Å². The zero-order chi connectivity index (χ0) is 37.1. The Bertz CT molecular complexity index is 2220. The normalized spacial score (nSPS) is 17.5. The maximum absolute atomic E-state index is 15.4. The fraction of sp³-hybridized carbons (Fsp3) is 0.109. The molecule has 6 aromatic rings. The number of carbonyl (C=O) groups excluding carboxylic acids is 2. The molecule has 0 bridgehead atoms. The Labute approximate surface area is 342 Å². The molecule has 0 spiro atoms. The third-order valence-corrected chi connectivity index (χ3v) is 18.7. The Morgan fingerprint density at radius 2 is 1.16 bits per heavy atom. The van der Waals surface area contributed by atoms with Gasteiger partial charge in [-0.3, -0.25) is 0 Å². The van der Waals surface area contributed by atoms with E-state index in [1.807, 2.05) is 121 Å². The maximum Gasteiger partial charge on any atom is -0.107 e. The number of thioether (sulfide) groups is 1. The van der Waals surface area contributed by atoms with Crippen LogP contribution in [0.25, 0.3) is 0 Å². The number of fused-ring (bicyclic) bond motifs is 1. The number of esters is 1. The smallest absolute Gasteiger partial charge is 0.107 e. The minimum atomic E-state index is -3.78. The van der Waals surface area contributed by atoms with E-state index in [4.69, 9.17) is 9.73 Å². The molecule has 6 nitrogen and oxygen atoms in total. The average molecular weight is 875 g/mol. The van der Waals surface area contributed by atoms with Crippen molar-refractivity contribution in [1.29, 1.82) is 0 Å². The van der Waals surface area contributed by atoms with Crippen LogP contribution >= 0.6 is 42.3 Å². The van der Waals surface area contributed by atoms with Crippen LogP contribution in [0.3, 0.4) is 0 Å². The summed E-state index contributed by atoms with van der Waals surface area (Å²) < 4.78 is 6.67. The number of aromatic hydroxyl groups is 1. The number of carbonyl (C=O) groups is 2. The number of phenolic OH excluding ortho intramolecular Hbond substituents is 1. The van der Waals surface area contributed by atoms with Crippen molar-refractivity contribution < 1.29 is 19.4 Å². The van der Waals surface area contributed by atoms with E-state index in [9.17, 15) is 9.90 Å². The minimum absolute atomic E-state index is 0. The van der Waals surface area contributed by atoms with E-state index in [-0.39, 0.29) is 41.3 Å². The first kappa shape index (κ1) is 38.3. The molecule has 1 N–H and O–H groups in total. The molecular weight excluding hydrogens is 834 g/mol. The van der Waals surface area contributed by atoms with E-state index >= 15 is 4.79 Å². The summed E-state index contributed by atoms with van der Waals surface area (Å²) in [5.41, 5.74) is 2.43. The van der Waals surface area contributed by atoms with Gasteiger partial charge in [-0.25, -0.2) is 0 Å². The van der Waals surface area contributed by atoms with Gasteiger partial charge in [0.2, 0.25) is 0 Å². The first-order chi connectivity index (χ1) is 26.4. The Hall–Kier alpha value is -5.02. The van der Waals surface area contributed by atoms with Crippen LogP contribution in [0.4, 0.5) is 0 Å². The number of ether oxygens (including phenoxy) is 1. The predicted molar refractivity (Wildman–Crippen MR) is 237 cm³/mol. The van der Waals surface area contributed by atoms with Gasteiger partial charge in [0.25, 0.3) is 0 Å². The Morgan fingerprint density at radius 1 is 0.727 bits per heavy atom. The number of halogens is 1. The zero-order valence-corrected chi connectivity index (χ0v) is 34.1. The van der Waals surface area contributed by atoms with Crippen LogP contribution in [-0.4, -0.2) is 51.9 Å². The molecule has 2 atom stereocenters. The number of β-lactam (4-membered cyclic amide) rings is 1. The third-order valence-electron chi connectivity index (χ3n) is 10.7. The van der Waals surface area contributed by atoms with Gasteiger partial charge in [-0.2, -0.15) is 0 Å². The van der Waals surface area contributed by atoms with E-state index in [0.717, 1.165) is 32.4 Å². The van der Waals surface area contributed by atoms with Crippen molar-refractivity contribution in [3.05, 3.63) is 204 Å². The summed E-state index contributed by atoms with van der Waals surface area (Å²) >= 11 is 1.61. The summed E-state index contributed by atoms with van der Waals surface area (Å²) in [6, 6.07) is 56.8. The van der Waals surface area contributed by atoms with Crippen molar-refractivity contribution in [2.24, 2.45) is 4.99 Å². The van der Waals surface area contributed by atoms with Crippen molar-refractivity contribution in [2.45, 2.75) is 17.5 Å². The van der Waals surface area contributed by atoms with Gasteiger partial charge in [-0.1, -0.05) is 0 Å². The van der Waals surface area contributed by atoms with E-state index in [0.29, 0.717) is 11.3 Å². The predicted octanol–water partition coefficient (Wildman–Crippen LogP) is 8.42. The van der Waals surface area contributed by atoms with Gasteiger partial charge in [0.15, 0.2) is 0 Å². The molecule has 1 amide bonds. The van der Waals surface area contributed by atoms with E-state index in [1.165, 1.54) is 0 Å². The number of nitrogens with zero attached hydrogens (tertiary/aromatic N) is 2. The summed E-state index contributed by atoms with van der Waals surface area (Å²) in [5.74, 6) is -0.324. The van der Waals surface area contributed by atoms with Crippen LogP contribution in [0.15, 0.2) is 192 Å². The minimum Gasteiger partial charge on any atom is -0.107 e. The molecule has 55 heavy (non-hydrogen) atoms. The largest absolute Gasteiger partial charge is 0.107 e. The molecule has 9 heteroatoms. The van der Waals surface area contributed by atoms with Gasteiger partial charge >= 0.3 is 321 Å². The zero-order valence-electron chi connectivity index (χ0n) is 30.1. The molecule has 0 saturated carbocycles. The second-order valence-corrected chi connectivity index (χ2v) is 20.0. The molecule has 1 saturated heterocycles. The number of hydrogen-bond donors (Lipinski definition) is 1. The summed E-state index contributed by atoms with van der Waals surface area (Å²) in [5, 5.41) is 14.1. The molecule has 8 rings (SSSR count). The van der Waals surface area contributed by atoms with Crippen molar-refractivity contribution in [3.8, 4) is 5.75 Å². The van der Waals surface area contributed by atoms with Gasteiger partial charge < -0.3 is 0 Å². The van der Waals surface area contributed by atoms with Crippen LogP contribution in [0.1, 0.15) is 22.8 Å². The van der Waals surface area contributed by atoms with Crippen molar-refractivity contribution in [2.75, 3.05) is 12.4 Å². The van der Waals surface area contributed by atoms with Crippen molar-refractivity contribution in [3.63, 3.8) is 0 Å². The van der Waals surface area contributed by atoms with E-state index in [2.05, 4.69) is 43.1 Å². The average Bonchev–Trinajstić information content (AvgIpc) is 3.24. The third kappa shape index (κ3) is 6.60. The summed E-state index contributed by atoms with van der Waals surface area (Å²) in [4.78, 5) is 36.2. The van der Waals surface area contributed by atoms with Crippen LogP contribution in [0.2, 0.25) is 0 Å². The fourth-order valence-corrected chi connectivity index (χ4v) is 15.8. The number of aliphatic imine (C=N–C) groups is 1. The maximum atomic E-state index is 15.4. The Morgan fingerprint density at radius 3 is 1.64 bits per heavy atom. The monoisotopic (exact) mass is 874 g/mol. The van der Waals surface area contributed by atoms with Gasteiger partial charge in [0.1, 0.15) is 0 Å². The molecule has 0 unspecified atom stereocenters. The van der Waals surface area contributed by atoms with Crippen molar-refractivity contribution >= 4 is 76.3 Å². The fourth-order valence-electron chi connectivity index (χ4n) is 7.82. The number of hydrogen-bond acceptors (Lipinski definition) is 6.